The third kappa shape index (κ3) is 7.77. The van der Waals surface area contributed by atoms with Crippen LogP contribution in [0.2, 0.25) is 0 Å². The Morgan fingerprint density at radius 2 is 1.21 bits per heavy atom. The molecule has 0 N–H and O–H groups in total. The minimum absolute atomic E-state index is 0.0978. The van der Waals surface area contributed by atoms with Gasteiger partial charge < -0.3 is 9.47 Å². The van der Waals surface area contributed by atoms with E-state index in [0.717, 1.165) is 36.1 Å². The second-order valence-electron chi connectivity index (χ2n) is 9.44. The SMILES string of the molecule is CCCc1ccc(-c2ccc(-c3cc(F)c(CCC(F)(F)Oc4ccc(OC(F)(F)F)c(F)c4)c(F)c3)c(F)c2)cc1. The lowest BCUT2D eigenvalue weighted by atomic mass is 9.97. The highest BCUT2D eigenvalue weighted by molar-refractivity contribution is 5.71. The van der Waals surface area contributed by atoms with E-state index in [9.17, 15) is 39.5 Å². The van der Waals surface area contributed by atoms with Crippen LogP contribution in [0.4, 0.5) is 39.5 Å². The van der Waals surface area contributed by atoms with Gasteiger partial charge in [-0.05, 0) is 65.4 Å². The van der Waals surface area contributed by atoms with Crippen molar-refractivity contribution in [2.24, 2.45) is 0 Å². The second kappa shape index (κ2) is 12.4. The lowest BCUT2D eigenvalue weighted by Crippen LogP contribution is -2.26. The third-order valence-electron chi connectivity index (χ3n) is 6.31. The van der Waals surface area contributed by atoms with Crippen molar-refractivity contribution in [1.82, 2.24) is 0 Å². The molecule has 0 saturated heterocycles. The van der Waals surface area contributed by atoms with Crippen LogP contribution in [0.15, 0.2) is 72.8 Å². The Balaban J connectivity index is 1.46. The van der Waals surface area contributed by atoms with Gasteiger partial charge in [-0.15, -0.1) is 13.2 Å². The quantitative estimate of drug-likeness (QED) is 0.169. The highest BCUT2D eigenvalue weighted by Crippen LogP contribution is 2.34. The Bertz CT molecular complexity index is 1520. The Hall–Kier alpha value is -4.15. The van der Waals surface area contributed by atoms with Crippen LogP contribution in [0.3, 0.4) is 0 Å². The molecule has 0 aliphatic carbocycles. The number of hydrogen-bond acceptors (Lipinski definition) is 2. The maximum atomic E-state index is 15.0. The van der Waals surface area contributed by atoms with Crippen LogP contribution in [0.25, 0.3) is 22.3 Å². The minimum atomic E-state index is -5.20. The first-order chi connectivity index (χ1) is 19.7. The number of halogens is 9. The van der Waals surface area contributed by atoms with E-state index in [1.54, 1.807) is 6.07 Å². The molecule has 2 nitrogen and oxygen atoms in total. The fraction of sp³-hybridized carbons (Fsp3) is 0.226. The van der Waals surface area contributed by atoms with E-state index in [4.69, 9.17) is 0 Å². The molecular weight excluding hydrogens is 575 g/mol. The Labute approximate surface area is 235 Å². The van der Waals surface area contributed by atoms with Crippen molar-refractivity contribution in [2.45, 2.75) is 45.1 Å². The first-order valence-electron chi connectivity index (χ1n) is 12.7. The van der Waals surface area contributed by atoms with Crippen molar-refractivity contribution >= 4 is 0 Å². The predicted octanol–water partition coefficient (Wildman–Crippen LogP) is 10.0. The highest BCUT2D eigenvalue weighted by atomic mass is 19.4. The summed E-state index contributed by atoms with van der Waals surface area (Å²) in [6.07, 6.45) is -9.52. The van der Waals surface area contributed by atoms with Gasteiger partial charge in [0.1, 0.15) is 23.2 Å². The van der Waals surface area contributed by atoms with Crippen molar-refractivity contribution < 1.29 is 49.0 Å². The second-order valence-corrected chi connectivity index (χ2v) is 9.44. The van der Waals surface area contributed by atoms with Crippen LogP contribution in [-0.4, -0.2) is 12.5 Å². The topological polar surface area (TPSA) is 18.5 Å². The van der Waals surface area contributed by atoms with Crippen LogP contribution >= 0.6 is 0 Å². The summed E-state index contributed by atoms with van der Waals surface area (Å²) in [4.78, 5) is 0. The van der Waals surface area contributed by atoms with E-state index in [0.29, 0.717) is 17.7 Å². The molecule has 4 aromatic carbocycles. The summed E-state index contributed by atoms with van der Waals surface area (Å²) < 4.78 is 132. The molecule has 222 valence electrons. The van der Waals surface area contributed by atoms with Gasteiger partial charge in [-0.3, -0.25) is 0 Å². The third-order valence-corrected chi connectivity index (χ3v) is 6.31. The lowest BCUT2D eigenvalue weighted by Gasteiger charge is -2.19. The molecule has 0 aromatic heterocycles. The molecule has 4 rings (SSSR count). The van der Waals surface area contributed by atoms with Gasteiger partial charge in [0.15, 0.2) is 11.6 Å². The number of aryl methyl sites for hydroxylation is 1. The molecule has 0 spiro atoms. The normalized spacial score (nSPS) is 12.0. The largest absolute Gasteiger partial charge is 0.573 e. The van der Waals surface area contributed by atoms with Gasteiger partial charge in [0.2, 0.25) is 0 Å². The smallest absolute Gasteiger partial charge is 0.432 e. The Morgan fingerprint density at radius 3 is 1.79 bits per heavy atom. The monoisotopic (exact) mass is 598 g/mol. The average molecular weight is 599 g/mol. The molecule has 0 amide bonds. The van der Waals surface area contributed by atoms with E-state index in [-0.39, 0.29) is 17.2 Å². The molecular formula is C31H23F9O2. The Kier molecular flexibility index (Phi) is 9.08. The van der Waals surface area contributed by atoms with E-state index >= 15 is 0 Å². The van der Waals surface area contributed by atoms with E-state index < -0.39 is 65.6 Å². The van der Waals surface area contributed by atoms with Crippen LogP contribution in [0.5, 0.6) is 11.5 Å². The summed E-state index contributed by atoms with van der Waals surface area (Å²) in [5.74, 6) is -6.84. The zero-order valence-corrected chi connectivity index (χ0v) is 22.0. The molecule has 0 fully saturated rings. The van der Waals surface area contributed by atoms with Gasteiger partial charge in [0, 0.05) is 17.2 Å². The summed E-state index contributed by atoms with van der Waals surface area (Å²) in [6, 6.07) is 14.7. The fourth-order valence-electron chi connectivity index (χ4n) is 4.33. The molecule has 0 bridgehead atoms. The predicted molar refractivity (Wildman–Crippen MR) is 138 cm³/mol. The van der Waals surface area contributed by atoms with Gasteiger partial charge in [-0.2, -0.15) is 8.78 Å². The van der Waals surface area contributed by atoms with Crippen LogP contribution in [-0.2, 0) is 12.8 Å². The molecule has 0 atom stereocenters. The van der Waals surface area contributed by atoms with Gasteiger partial charge in [0.25, 0.3) is 0 Å². The summed E-state index contributed by atoms with van der Waals surface area (Å²) in [5.41, 5.74) is 1.49. The fourth-order valence-corrected chi connectivity index (χ4v) is 4.33. The van der Waals surface area contributed by atoms with Crippen molar-refractivity contribution in [2.75, 3.05) is 0 Å². The van der Waals surface area contributed by atoms with Gasteiger partial charge >= 0.3 is 12.5 Å². The van der Waals surface area contributed by atoms with Gasteiger partial charge in [-0.25, -0.2) is 17.6 Å². The van der Waals surface area contributed by atoms with Crippen molar-refractivity contribution in [3.63, 3.8) is 0 Å². The van der Waals surface area contributed by atoms with Crippen molar-refractivity contribution in [1.29, 1.82) is 0 Å². The summed E-state index contributed by atoms with van der Waals surface area (Å²) in [5, 5.41) is 0. The zero-order chi connectivity index (χ0) is 30.7. The molecule has 0 heterocycles. The molecule has 0 aliphatic rings. The molecule has 0 unspecified atom stereocenters. The van der Waals surface area contributed by atoms with E-state index in [1.807, 2.05) is 24.3 Å². The molecule has 0 aliphatic heterocycles. The average Bonchev–Trinajstić information content (AvgIpc) is 2.89. The number of benzene rings is 4. The number of alkyl halides is 5. The molecule has 11 heteroatoms. The summed E-state index contributed by atoms with van der Waals surface area (Å²) in [7, 11) is 0. The lowest BCUT2D eigenvalue weighted by molar-refractivity contribution is -0.275. The molecule has 0 radical (unpaired) electrons. The Morgan fingerprint density at radius 1 is 0.595 bits per heavy atom. The van der Waals surface area contributed by atoms with Crippen molar-refractivity contribution in [3.05, 3.63) is 107 Å². The zero-order valence-electron chi connectivity index (χ0n) is 22.0. The standard InChI is InChI=1S/C31H23F9O2/c1-2-3-18-4-6-19(7-5-18)20-8-10-23(25(32)14-20)21-15-26(33)24(27(34)16-21)12-13-30(36,37)41-22-9-11-29(28(35)17-22)42-31(38,39)40/h4-11,14-17H,2-3,12-13H2,1H3. The number of hydrogen-bond donors (Lipinski definition) is 0. The van der Waals surface area contributed by atoms with Crippen LogP contribution in [0, 0.1) is 23.3 Å². The van der Waals surface area contributed by atoms with Crippen LogP contribution in [0.1, 0.15) is 30.9 Å². The molecule has 4 aromatic rings. The summed E-state index contributed by atoms with van der Waals surface area (Å²) in [6.45, 7) is 2.06. The molecule has 42 heavy (non-hydrogen) atoms. The maximum Gasteiger partial charge on any atom is 0.573 e. The number of ether oxygens (including phenoxy) is 2. The first kappa shape index (κ1) is 30.8. The summed E-state index contributed by atoms with van der Waals surface area (Å²) >= 11 is 0. The van der Waals surface area contributed by atoms with Crippen molar-refractivity contribution in [3.8, 4) is 33.8 Å². The first-order valence-corrected chi connectivity index (χ1v) is 12.7. The maximum absolute atomic E-state index is 15.0. The van der Waals surface area contributed by atoms with E-state index in [2.05, 4.69) is 16.4 Å². The minimum Gasteiger partial charge on any atom is -0.432 e. The van der Waals surface area contributed by atoms with Gasteiger partial charge in [0.05, 0.1) is 6.42 Å². The molecule has 0 saturated carbocycles. The highest BCUT2D eigenvalue weighted by Gasteiger charge is 2.34. The van der Waals surface area contributed by atoms with Gasteiger partial charge in [-0.1, -0.05) is 49.7 Å². The van der Waals surface area contributed by atoms with E-state index in [1.165, 1.54) is 12.1 Å². The number of rotatable bonds is 10. The van der Waals surface area contributed by atoms with Crippen LogP contribution < -0.4 is 9.47 Å².